The number of nitrogens with one attached hydrogen (secondary N) is 1. The first-order chi connectivity index (χ1) is 14.2. The largest absolute Gasteiger partial charge is 0.494 e. The molecule has 2 amide bonds. The van der Waals surface area contributed by atoms with Crippen LogP contribution in [0.1, 0.15) is 46.1 Å². The van der Waals surface area contributed by atoms with Gasteiger partial charge in [-0.25, -0.2) is 0 Å². The highest BCUT2D eigenvalue weighted by Crippen LogP contribution is 2.17. The topological polar surface area (TPSA) is 58.6 Å². The van der Waals surface area contributed by atoms with Gasteiger partial charge in [0, 0.05) is 23.0 Å². The summed E-state index contributed by atoms with van der Waals surface area (Å²) in [6, 6.07) is 16.7. The monoisotopic (exact) mass is 474 g/mol. The minimum atomic E-state index is -0.578. The van der Waals surface area contributed by atoms with Crippen LogP contribution in [0.2, 0.25) is 0 Å². The number of hydrogen-bond acceptors (Lipinski definition) is 3. The van der Waals surface area contributed by atoms with Crippen LogP contribution in [0.5, 0.6) is 5.75 Å². The van der Waals surface area contributed by atoms with Crippen molar-refractivity contribution < 1.29 is 14.3 Å². The molecule has 0 aliphatic rings. The van der Waals surface area contributed by atoms with Crippen LogP contribution < -0.4 is 10.1 Å². The van der Waals surface area contributed by atoms with Crippen LogP contribution in [-0.2, 0) is 16.1 Å². The van der Waals surface area contributed by atoms with E-state index in [9.17, 15) is 9.59 Å². The zero-order chi connectivity index (χ0) is 22.1. The molecular weight excluding hydrogens is 444 g/mol. The van der Waals surface area contributed by atoms with Gasteiger partial charge in [-0.05, 0) is 63.9 Å². The Morgan fingerprint density at radius 1 is 1.10 bits per heavy atom. The van der Waals surface area contributed by atoms with Gasteiger partial charge in [0.05, 0.1) is 6.61 Å². The summed E-state index contributed by atoms with van der Waals surface area (Å²) in [5, 5.41) is 2.97. The van der Waals surface area contributed by atoms with E-state index in [-0.39, 0.29) is 17.4 Å². The van der Waals surface area contributed by atoms with Crippen LogP contribution in [0.3, 0.4) is 0 Å². The fourth-order valence-corrected chi connectivity index (χ4v) is 3.41. The summed E-state index contributed by atoms with van der Waals surface area (Å²) in [7, 11) is 0. The summed E-state index contributed by atoms with van der Waals surface area (Å²) in [6.45, 7) is 8.38. The third-order valence-corrected chi connectivity index (χ3v) is 4.95. The first-order valence-corrected chi connectivity index (χ1v) is 11.0. The molecule has 0 heterocycles. The van der Waals surface area contributed by atoms with E-state index >= 15 is 0 Å². The van der Waals surface area contributed by atoms with Crippen LogP contribution in [0, 0.1) is 0 Å². The van der Waals surface area contributed by atoms with E-state index in [1.165, 1.54) is 0 Å². The quantitative estimate of drug-likeness (QED) is 0.523. The Morgan fingerprint density at radius 3 is 2.43 bits per heavy atom. The lowest BCUT2D eigenvalue weighted by Crippen LogP contribution is -2.52. The van der Waals surface area contributed by atoms with Gasteiger partial charge in [-0.2, -0.15) is 0 Å². The Morgan fingerprint density at radius 2 is 1.80 bits per heavy atom. The van der Waals surface area contributed by atoms with Crippen molar-refractivity contribution in [3.05, 3.63) is 64.6 Å². The molecule has 0 aliphatic heterocycles. The molecule has 0 saturated carbocycles. The fraction of sp³-hybridized carbons (Fsp3) is 0.417. The highest BCUT2D eigenvalue weighted by Gasteiger charge is 2.28. The maximum absolute atomic E-state index is 13.0. The predicted molar refractivity (Wildman–Crippen MR) is 123 cm³/mol. The molecule has 2 rings (SSSR count). The first-order valence-electron chi connectivity index (χ1n) is 10.2. The second-order valence-corrected chi connectivity index (χ2v) is 9.25. The van der Waals surface area contributed by atoms with Gasteiger partial charge in [-0.3, -0.25) is 9.59 Å². The van der Waals surface area contributed by atoms with Crippen molar-refractivity contribution in [2.75, 3.05) is 6.61 Å². The van der Waals surface area contributed by atoms with Crippen molar-refractivity contribution in [2.45, 2.75) is 58.7 Å². The summed E-state index contributed by atoms with van der Waals surface area (Å²) < 4.78 is 6.63. The van der Waals surface area contributed by atoms with Crippen molar-refractivity contribution in [3.63, 3.8) is 0 Å². The van der Waals surface area contributed by atoms with Gasteiger partial charge in [0.25, 0.3) is 0 Å². The molecule has 0 aliphatic carbocycles. The van der Waals surface area contributed by atoms with Gasteiger partial charge in [0.15, 0.2) is 0 Å². The molecule has 0 bridgehead atoms. The van der Waals surface area contributed by atoms with E-state index in [1.807, 2.05) is 75.4 Å². The van der Waals surface area contributed by atoms with Crippen molar-refractivity contribution in [3.8, 4) is 5.75 Å². The van der Waals surface area contributed by atoms with E-state index in [0.717, 1.165) is 15.8 Å². The molecule has 30 heavy (non-hydrogen) atoms. The van der Waals surface area contributed by atoms with E-state index in [2.05, 4.69) is 21.2 Å². The lowest BCUT2D eigenvalue weighted by molar-refractivity contribution is -0.141. The number of para-hydroxylation sites is 1. The zero-order valence-corrected chi connectivity index (χ0v) is 19.7. The summed E-state index contributed by atoms with van der Waals surface area (Å²) in [6.07, 6.45) is 0.893. The van der Waals surface area contributed by atoms with Crippen LogP contribution >= 0.6 is 15.9 Å². The third-order valence-electron chi connectivity index (χ3n) is 4.45. The molecule has 6 heteroatoms. The number of carbonyl (C=O) groups excluding carboxylic acids is 2. The van der Waals surface area contributed by atoms with Crippen LogP contribution in [0.4, 0.5) is 0 Å². The Bertz CT molecular complexity index is 834. The number of ether oxygens (including phenoxy) is 1. The third kappa shape index (κ3) is 8.19. The average molecular weight is 475 g/mol. The van der Waals surface area contributed by atoms with Crippen LogP contribution in [-0.4, -0.2) is 34.9 Å². The highest BCUT2D eigenvalue weighted by atomic mass is 79.9. The summed E-state index contributed by atoms with van der Waals surface area (Å²) >= 11 is 3.47. The lowest BCUT2D eigenvalue weighted by atomic mass is 10.1. The number of rotatable bonds is 9. The van der Waals surface area contributed by atoms with Gasteiger partial charge in [-0.15, -0.1) is 0 Å². The van der Waals surface area contributed by atoms with Crippen molar-refractivity contribution in [1.29, 1.82) is 0 Å². The number of hydrogen-bond donors (Lipinski definition) is 1. The molecule has 0 fully saturated rings. The second kappa shape index (κ2) is 11.2. The summed E-state index contributed by atoms with van der Waals surface area (Å²) in [5.74, 6) is 0.559. The predicted octanol–water partition coefficient (Wildman–Crippen LogP) is 4.94. The molecular formula is C24H31BrN2O3. The summed E-state index contributed by atoms with van der Waals surface area (Å²) in [5.41, 5.74) is 0.605. The molecule has 0 aromatic heterocycles. The van der Waals surface area contributed by atoms with Crippen LogP contribution in [0.25, 0.3) is 0 Å². The molecule has 5 nitrogen and oxygen atoms in total. The van der Waals surface area contributed by atoms with Gasteiger partial charge < -0.3 is 15.0 Å². The number of carbonyl (C=O) groups is 2. The normalized spacial score (nSPS) is 12.2. The Kier molecular flexibility index (Phi) is 8.90. The molecule has 0 saturated heterocycles. The van der Waals surface area contributed by atoms with Gasteiger partial charge in [-0.1, -0.05) is 46.3 Å². The summed E-state index contributed by atoms with van der Waals surface area (Å²) in [4.78, 5) is 27.4. The smallest absolute Gasteiger partial charge is 0.242 e. The van der Waals surface area contributed by atoms with E-state index in [4.69, 9.17) is 4.74 Å². The maximum Gasteiger partial charge on any atom is 0.242 e. The second-order valence-electron chi connectivity index (χ2n) is 8.33. The SMILES string of the molecule is C[C@@H](C(=O)NC(C)(C)C)N(Cc1cccc(Br)c1)C(=O)CCCOc1ccccc1. The van der Waals surface area contributed by atoms with Crippen molar-refractivity contribution in [1.82, 2.24) is 10.2 Å². The minimum absolute atomic E-state index is 0.0665. The number of halogens is 1. The number of amides is 2. The van der Waals surface area contributed by atoms with Gasteiger partial charge >= 0.3 is 0 Å². The fourth-order valence-electron chi connectivity index (χ4n) is 2.96. The zero-order valence-electron chi connectivity index (χ0n) is 18.2. The lowest BCUT2D eigenvalue weighted by Gasteiger charge is -2.31. The molecule has 1 atom stereocenters. The average Bonchev–Trinajstić information content (AvgIpc) is 2.68. The highest BCUT2D eigenvalue weighted by molar-refractivity contribution is 9.10. The maximum atomic E-state index is 13.0. The van der Waals surface area contributed by atoms with Crippen molar-refractivity contribution in [2.24, 2.45) is 0 Å². The number of benzene rings is 2. The van der Waals surface area contributed by atoms with E-state index < -0.39 is 6.04 Å². The van der Waals surface area contributed by atoms with Gasteiger partial charge in [0.2, 0.25) is 11.8 Å². The Balaban J connectivity index is 2.03. The molecule has 1 N–H and O–H groups in total. The number of nitrogens with zero attached hydrogens (tertiary/aromatic N) is 1. The standard InChI is InChI=1S/C24H31BrN2O3/c1-18(23(29)26-24(2,3)4)27(17-19-10-8-11-20(25)16-19)22(28)14-9-15-30-21-12-6-5-7-13-21/h5-8,10-13,16,18H,9,14-15,17H2,1-4H3,(H,26,29)/t18-/m0/s1. The molecule has 2 aromatic carbocycles. The van der Waals surface area contributed by atoms with Gasteiger partial charge in [0.1, 0.15) is 11.8 Å². The Labute approximate surface area is 187 Å². The first kappa shape index (κ1) is 23.9. The van der Waals surface area contributed by atoms with E-state index in [1.54, 1.807) is 11.8 Å². The minimum Gasteiger partial charge on any atom is -0.494 e. The molecule has 0 unspecified atom stereocenters. The molecule has 2 aromatic rings. The molecule has 162 valence electrons. The molecule has 0 radical (unpaired) electrons. The molecule has 0 spiro atoms. The Hall–Kier alpha value is -2.34. The van der Waals surface area contributed by atoms with Crippen LogP contribution in [0.15, 0.2) is 59.1 Å². The van der Waals surface area contributed by atoms with Crippen molar-refractivity contribution >= 4 is 27.7 Å². The van der Waals surface area contributed by atoms with E-state index in [0.29, 0.717) is 26.0 Å².